The van der Waals surface area contributed by atoms with Crippen LogP contribution in [0.1, 0.15) is 97.3 Å². The molecule has 0 aromatic rings. The van der Waals surface area contributed by atoms with Gasteiger partial charge in [-0.15, -0.1) is 0 Å². The number of hydrogen-bond acceptors (Lipinski definition) is 7. The zero-order valence-corrected chi connectivity index (χ0v) is 23.1. The highest BCUT2D eigenvalue weighted by Gasteiger charge is 2.23. The van der Waals surface area contributed by atoms with Crippen molar-refractivity contribution in [1.29, 1.82) is 0 Å². The van der Waals surface area contributed by atoms with E-state index in [-0.39, 0.29) is 32.1 Å². The van der Waals surface area contributed by atoms with Gasteiger partial charge in [-0.05, 0) is 38.5 Å². The predicted octanol–water partition coefficient (Wildman–Crippen LogP) is 5.36. The third-order valence-corrected chi connectivity index (χ3v) is 6.09. The van der Waals surface area contributed by atoms with E-state index < -0.39 is 26.5 Å². The molecule has 2 unspecified atom stereocenters. The third kappa shape index (κ3) is 24.2. The lowest BCUT2D eigenvalue weighted by Crippen LogP contribution is -2.27. The van der Waals surface area contributed by atoms with E-state index >= 15 is 0 Å². The van der Waals surface area contributed by atoms with Gasteiger partial charge < -0.3 is 20.1 Å². The number of amides is 1. The first-order chi connectivity index (χ1) is 17.3. The van der Waals surface area contributed by atoms with Crippen LogP contribution in [0.25, 0.3) is 0 Å². The van der Waals surface area contributed by atoms with Gasteiger partial charge in [0.15, 0.2) is 0 Å². The number of ether oxygens (including phenoxy) is 1. The summed E-state index contributed by atoms with van der Waals surface area (Å²) in [7, 11) is -4.37. The van der Waals surface area contributed by atoms with Crippen LogP contribution < -0.4 is 5.32 Å². The number of hydrogen-bond donors (Lipinski definition) is 3. The lowest BCUT2D eigenvalue weighted by atomic mass is 10.1. The smallest absolute Gasteiger partial charge is 0.463 e. The first-order valence-electron chi connectivity index (χ1n) is 13.3. The second-order valence-corrected chi connectivity index (χ2v) is 10.1. The molecule has 0 fully saturated rings. The number of carbonyl (C=O) groups excluding carboxylic acids is 2. The Kier molecular flexibility index (Phi) is 22.9. The number of nitrogens with one attached hydrogen (secondary N) is 1. The fourth-order valence-electron chi connectivity index (χ4n) is 3.08. The van der Waals surface area contributed by atoms with Gasteiger partial charge in [-0.25, -0.2) is 4.57 Å². The first kappa shape index (κ1) is 34.5. The molecule has 0 radical (unpaired) electrons. The summed E-state index contributed by atoms with van der Waals surface area (Å²) < 4.78 is 26.2. The Morgan fingerprint density at radius 1 is 0.861 bits per heavy atom. The molecule has 2 atom stereocenters. The molecule has 0 aromatic carbocycles. The fourth-order valence-corrected chi connectivity index (χ4v) is 3.84. The number of aliphatic hydroxyl groups excluding tert-OH is 1. The molecule has 0 aliphatic rings. The summed E-state index contributed by atoms with van der Waals surface area (Å²) in [6.45, 7) is 3.08. The van der Waals surface area contributed by atoms with Crippen molar-refractivity contribution in [2.45, 2.75) is 103 Å². The summed E-state index contributed by atoms with van der Waals surface area (Å²) in [4.78, 5) is 32.7. The van der Waals surface area contributed by atoms with E-state index in [0.29, 0.717) is 12.8 Å². The molecular formula is C26H48NO8P. The van der Waals surface area contributed by atoms with Crippen LogP contribution in [-0.4, -0.2) is 54.3 Å². The largest absolute Gasteiger partial charge is 0.472 e. The topological polar surface area (TPSA) is 131 Å². The van der Waals surface area contributed by atoms with Gasteiger partial charge in [-0.3, -0.25) is 18.6 Å². The minimum absolute atomic E-state index is 0.0705. The summed E-state index contributed by atoms with van der Waals surface area (Å²) >= 11 is 0. The maximum atomic E-state index is 11.8. The van der Waals surface area contributed by atoms with Gasteiger partial charge in [0, 0.05) is 19.4 Å². The number of rotatable bonds is 24. The number of unbranched alkanes of at least 4 members (excludes halogenated alkanes) is 7. The average molecular weight is 534 g/mol. The maximum absolute atomic E-state index is 11.8. The minimum atomic E-state index is -4.37. The number of esters is 1. The van der Waals surface area contributed by atoms with Crippen LogP contribution in [0.15, 0.2) is 24.3 Å². The van der Waals surface area contributed by atoms with Crippen LogP contribution in [0, 0.1) is 0 Å². The van der Waals surface area contributed by atoms with Crippen molar-refractivity contribution in [1.82, 2.24) is 5.32 Å². The molecule has 0 heterocycles. The molecule has 1 amide bonds. The van der Waals surface area contributed by atoms with Crippen LogP contribution in [-0.2, 0) is 27.9 Å². The lowest BCUT2D eigenvalue weighted by molar-refractivity contribution is -0.147. The van der Waals surface area contributed by atoms with Gasteiger partial charge in [0.2, 0.25) is 5.91 Å². The molecule has 9 nitrogen and oxygen atoms in total. The molecule has 0 aliphatic carbocycles. The highest BCUT2D eigenvalue weighted by atomic mass is 31.2. The molecule has 0 aromatic heterocycles. The summed E-state index contributed by atoms with van der Waals surface area (Å²) in [5.41, 5.74) is 0. The number of phosphoric ester groups is 1. The molecule has 0 saturated carbocycles. The van der Waals surface area contributed by atoms with E-state index in [9.17, 15) is 24.2 Å². The Morgan fingerprint density at radius 2 is 1.53 bits per heavy atom. The fraction of sp³-hybridized carbons (Fsp3) is 0.769. The Hall–Kier alpha value is -1.51. The van der Waals surface area contributed by atoms with Crippen molar-refractivity contribution in [2.24, 2.45) is 0 Å². The standard InChI is InChI=1S/C26H48NO8P/c1-3-5-6-7-8-9-10-11-12-13-14-15-16-17-19-26(30)33-22-24(28)23-35-36(31,32)34-21-20-27-25(29)18-4-2/h7-8,10-11,24,28H,3-6,9,12-23H2,1-2H3,(H,27,29)(H,31,32)/b8-7-,11-10-. The van der Waals surface area contributed by atoms with Gasteiger partial charge in [-0.1, -0.05) is 70.3 Å². The molecule has 0 bridgehead atoms. The van der Waals surface area contributed by atoms with Crippen molar-refractivity contribution in [3.8, 4) is 0 Å². The molecule has 10 heteroatoms. The molecule has 0 rings (SSSR count). The van der Waals surface area contributed by atoms with Crippen LogP contribution in [0.4, 0.5) is 0 Å². The predicted molar refractivity (Wildman–Crippen MR) is 141 cm³/mol. The number of allylic oxidation sites excluding steroid dienone is 4. The molecular weight excluding hydrogens is 485 g/mol. The highest BCUT2D eigenvalue weighted by molar-refractivity contribution is 7.47. The van der Waals surface area contributed by atoms with E-state index in [2.05, 4.69) is 36.5 Å². The molecule has 36 heavy (non-hydrogen) atoms. The Morgan fingerprint density at radius 3 is 2.22 bits per heavy atom. The molecule has 0 aliphatic heterocycles. The van der Waals surface area contributed by atoms with E-state index in [0.717, 1.165) is 44.9 Å². The summed E-state index contributed by atoms with van der Waals surface area (Å²) in [6.07, 6.45) is 19.7. The molecule has 0 spiro atoms. The molecule has 3 N–H and O–H groups in total. The van der Waals surface area contributed by atoms with E-state index in [1.807, 2.05) is 6.92 Å². The van der Waals surface area contributed by atoms with Crippen molar-refractivity contribution >= 4 is 19.7 Å². The quantitative estimate of drug-likeness (QED) is 0.0654. The number of phosphoric acid groups is 1. The van der Waals surface area contributed by atoms with Gasteiger partial charge >= 0.3 is 13.8 Å². The van der Waals surface area contributed by atoms with E-state index in [4.69, 9.17) is 13.8 Å². The zero-order chi connectivity index (χ0) is 26.9. The second kappa shape index (κ2) is 23.9. The van der Waals surface area contributed by atoms with Crippen LogP contribution >= 0.6 is 7.82 Å². The van der Waals surface area contributed by atoms with E-state index in [1.165, 1.54) is 19.3 Å². The SMILES string of the molecule is CCCC/C=C\C/C=C\CCCCCCCC(=O)OCC(O)COP(=O)(O)OCCNC(=O)CCC. The van der Waals surface area contributed by atoms with Crippen molar-refractivity contribution < 1.29 is 37.9 Å². The monoisotopic (exact) mass is 533 g/mol. The van der Waals surface area contributed by atoms with Crippen molar-refractivity contribution in [3.63, 3.8) is 0 Å². The highest BCUT2D eigenvalue weighted by Crippen LogP contribution is 2.42. The minimum Gasteiger partial charge on any atom is -0.463 e. The van der Waals surface area contributed by atoms with E-state index in [1.54, 1.807) is 0 Å². The summed E-state index contributed by atoms with van der Waals surface area (Å²) in [5, 5.41) is 12.3. The lowest BCUT2D eigenvalue weighted by Gasteiger charge is -2.15. The normalized spacial score (nSPS) is 14.2. The van der Waals surface area contributed by atoms with Gasteiger partial charge in [0.25, 0.3) is 0 Å². The van der Waals surface area contributed by atoms with Gasteiger partial charge in [-0.2, -0.15) is 0 Å². The average Bonchev–Trinajstić information content (AvgIpc) is 2.84. The zero-order valence-electron chi connectivity index (χ0n) is 22.2. The Balaban J connectivity index is 3.66. The number of carbonyl (C=O) groups is 2. The Bertz CT molecular complexity index is 668. The van der Waals surface area contributed by atoms with Gasteiger partial charge in [0.1, 0.15) is 12.7 Å². The Labute approximate surface area is 217 Å². The maximum Gasteiger partial charge on any atom is 0.472 e. The van der Waals surface area contributed by atoms with Gasteiger partial charge in [0.05, 0.1) is 13.2 Å². The number of aliphatic hydroxyl groups is 1. The second-order valence-electron chi connectivity index (χ2n) is 8.66. The molecule has 210 valence electrons. The molecule has 0 saturated heterocycles. The van der Waals surface area contributed by atoms with Crippen molar-refractivity contribution in [3.05, 3.63) is 24.3 Å². The third-order valence-electron chi connectivity index (χ3n) is 5.10. The summed E-state index contributed by atoms with van der Waals surface area (Å²) in [6, 6.07) is 0. The summed E-state index contributed by atoms with van der Waals surface area (Å²) in [5.74, 6) is -0.591. The first-order valence-corrected chi connectivity index (χ1v) is 14.8. The van der Waals surface area contributed by atoms with Crippen LogP contribution in [0.5, 0.6) is 0 Å². The van der Waals surface area contributed by atoms with Crippen LogP contribution in [0.2, 0.25) is 0 Å². The van der Waals surface area contributed by atoms with Crippen LogP contribution in [0.3, 0.4) is 0 Å². The van der Waals surface area contributed by atoms with Crippen molar-refractivity contribution in [2.75, 3.05) is 26.4 Å².